The summed E-state index contributed by atoms with van der Waals surface area (Å²) in [5.41, 5.74) is 8.14. The van der Waals surface area contributed by atoms with E-state index in [0.29, 0.717) is 6.61 Å². The summed E-state index contributed by atoms with van der Waals surface area (Å²) in [4.78, 5) is 11.3. The molecule has 2 aromatic carbocycles. The van der Waals surface area contributed by atoms with Crippen LogP contribution in [-0.4, -0.2) is 29.3 Å². The molecule has 6 heteroatoms. The predicted octanol–water partition coefficient (Wildman–Crippen LogP) is 4.60. The van der Waals surface area contributed by atoms with Crippen molar-refractivity contribution in [3.63, 3.8) is 0 Å². The number of aromatic nitrogens is 2. The van der Waals surface area contributed by atoms with E-state index in [2.05, 4.69) is 82.7 Å². The maximum absolute atomic E-state index is 6.07. The molecule has 2 aliphatic heterocycles. The van der Waals surface area contributed by atoms with Gasteiger partial charge in [-0.25, -0.2) is 9.97 Å². The fourth-order valence-electron chi connectivity index (χ4n) is 4.38. The Kier molecular flexibility index (Phi) is 4.69. The van der Waals surface area contributed by atoms with Crippen LogP contribution < -0.4 is 20.3 Å². The minimum atomic E-state index is 0.258. The van der Waals surface area contributed by atoms with Crippen LogP contribution >= 0.6 is 0 Å². The summed E-state index contributed by atoms with van der Waals surface area (Å²) in [6, 6.07) is 13.0. The molecule has 6 nitrogen and oxygen atoms in total. The highest BCUT2D eigenvalue weighted by Crippen LogP contribution is 2.36. The van der Waals surface area contributed by atoms with E-state index in [4.69, 9.17) is 4.74 Å². The topological polar surface area (TPSA) is 62.3 Å². The van der Waals surface area contributed by atoms with Gasteiger partial charge in [-0.05, 0) is 55.7 Å². The van der Waals surface area contributed by atoms with Crippen molar-refractivity contribution in [1.29, 1.82) is 0 Å². The first-order valence-corrected chi connectivity index (χ1v) is 10.6. The van der Waals surface area contributed by atoms with Gasteiger partial charge in [0.2, 0.25) is 0 Å². The highest BCUT2D eigenvalue weighted by atomic mass is 16.5. The molecule has 1 aromatic heterocycles. The van der Waals surface area contributed by atoms with Gasteiger partial charge < -0.3 is 20.3 Å². The number of rotatable bonds is 3. The van der Waals surface area contributed by atoms with Crippen LogP contribution in [0.3, 0.4) is 0 Å². The van der Waals surface area contributed by atoms with Gasteiger partial charge in [-0.3, -0.25) is 0 Å². The first kappa shape index (κ1) is 18.7. The van der Waals surface area contributed by atoms with E-state index in [0.717, 1.165) is 53.7 Å². The molecule has 0 spiro atoms. The van der Waals surface area contributed by atoms with Crippen molar-refractivity contribution < 1.29 is 4.74 Å². The number of aryl methyl sites for hydroxylation is 1. The average molecular weight is 402 g/mol. The molecule has 0 radical (unpaired) electrons. The van der Waals surface area contributed by atoms with Gasteiger partial charge in [0.25, 0.3) is 0 Å². The molecule has 1 atom stereocenters. The largest absolute Gasteiger partial charge is 0.491 e. The first-order valence-electron chi connectivity index (χ1n) is 10.6. The van der Waals surface area contributed by atoms with E-state index in [1.165, 1.54) is 16.7 Å². The Morgan fingerprint density at radius 1 is 1.07 bits per heavy atom. The van der Waals surface area contributed by atoms with Crippen LogP contribution in [0.1, 0.15) is 30.7 Å². The third-order valence-corrected chi connectivity index (χ3v) is 5.93. The Bertz CT molecular complexity index is 1100. The molecule has 154 valence electrons. The second-order valence-corrected chi connectivity index (χ2v) is 7.99. The van der Waals surface area contributed by atoms with E-state index >= 15 is 0 Å². The number of benzene rings is 2. The molecule has 0 aliphatic carbocycles. The molecular formula is C24H27N5O. The molecule has 0 fully saturated rings. The fraction of sp³-hybridized carbons (Fsp3) is 0.333. The van der Waals surface area contributed by atoms with Crippen molar-refractivity contribution >= 4 is 17.2 Å². The highest BCUT2D eigenvalue weighted by Gasteiger charge is 2.21. The normalized spacial score (nSPS) is 17.3. The minimum Gasteiger partial charge on any atom is -0.491 e. The van der Waals surface area contributed by atoms with Crippen molar-refractivity contribution in [2.45, 2.75) is 39.9 Å². The van der Waals surface area contributed by atoms with Crippen molar-refractivity contribution in [3.05, 3.63) is 59.5 Å². The maximum Gasteiger partial charge on any atom is 0.135 e. The van der Waals surface area contributed by atoms with Gasteiger partial charge in [-0.15, -0.1) is 0 Å². The van der Waals surface area contributed by atoms with Crippen molar-refractivity contribution in [1.82, 2.24) is 9.97 Å². The number of anilines is 3. The quantitative estimate of drug-likeness (QED) is 0.669. The molecule has 2 N–H and O–H groups in total. The Hall–Kier alpha value is -3.28. The standard InChI is InChI=1S/C24H27N5O/c1-4-20-15(2)24(26-14-25-20)29-9-10-30-23-8-6-17(11-19(23)13-29)18-5-7-21-22(12-18)28-16(3)27-21/h5-8,11-12,14,16,27-28H,4,9-10,13H2,1-3H3. The number of nitrogens with one attached hydrogen (secondary N) is 2. The first-order chi connectivity index (χ1) is 14.6. The Labute approximate surface area is 177 Å². The van der Waals surface area contributed by atoms with Gasteiger partial charge in [0.05, 0.1) is 24.1 Å². The lowest BCUT2D eigenvalue weighted by Gasteiger charge is -2.23. The van der Waals surface area contributed by atoms with Crippen LogP contribution in [0.2, 0.25) is 0 Å². The second kappa shape index (κ2) is 7.52. The lowest BCUT2D eigenvalue weighted by atomic mass is 10.0. The van der Waals surface area contributed by atoms with Gasteiger partial charge in [-0.1, -0.05) is 19.1 Å². The van der Waals surface area contributed by atoms with E-state index in [-0.39, 0.29) is 6.17 Å². The smallest absolute Gasteiger partial charge is 0.135 e. The molecule has 5 rings (SSSR count). The second-order valence-electron chi connectivity index (χ2n) is 7.99. The highest BCUT2D eigenvalue weighted by molar-refractivity contribution is 5.81. The number of nitrogens with zero attached hydrogens (tertiary/aromatic N) is 3. The van der Waals surface area contributed by atoms with E-state index in [1.54, 1.807) is 6.33 Å². The van der Waals surface area contributed by atoms with E-state index in [1.807, 2.05) is 0 Å². The third-order valence-electron chi connectivity index (χ3n) is 5.93. The van der Waals surface area contributed by atoms with Crippen LogP contribution in [0.4, 0.5) is 17.2 Å². The van der Waals surface area contributed by atoms with Crippen molar-refractivity contribution in [2.24, 2.45) is 0 Å². The van der Waals surface area contributed by atoms with Crippen LogP contribution in [0.15, 0.2) is 42.7 Å². The lowest BCUT2D eigenvalue weighted by molar-refractivity contribution is 0.331. The number of fused-ring (bicyclic) bond motifs is 2. The number of hydrogen-bond acceptors (Lipinski definition) is 6. The number of hydrogen-bond donors (Lipinski definition) is 2. The summed E-state index contributed by atoms with van der Waals surface area (Å²) in [6.07, 6.45) is 2.84. The molecule has 3 aromatic rings. The van der Waals surface area contributed by atoms with Crippen molar-refractivity contribution in [2.75, 3.05) is 28.7 Å². The molecular weight excluding hydrogens is 374 g/mol. The molecule has 3 heterocycles. The van der Waals surface area contributed by atoms with E-state index in [9.17, 15) is 0 Å². The maximum atomic E-state index is 6.07. The Balaban J connectivity index is 1.48. The molecule has 2 aliphatic rings. The molecule has 0 saturated carbocycles. The summed E-state index contributed by atoms with van der Waals surface area (Å²) in [6.45, 7) is 8.58. The summed E-state index contributed by atoms with van der Waals surface area (Å²) < 4.78 is 6.07. The number of ether oxygens (including phenoxy) is 1. The molecule has 0 bridgehead atoms. The fourth-order valence-corrected chi connectivity index (χ4v) is 4.38. The lowest BCUT2D eigenvalue weighted by Crippen LogP contribution is -2.27. The monoisotopic (exact) mass is 401 g/mol. The Morgan fingerprint density at radius 2 is 1.87 bits per heavy atom. The van der Waals surface area contributed by atoms with Crippen molar-refractivity contribution in [3.8, 4) is 16.9 Å². The van der Waals surface area contributed by atoms with Gasteiger partial charge >= 0.3 is 0 Å². The van der Waals surface area contributed by atoms with Gasteiger partial charge in [0, 0.05) is 23.4 Å². The summed E-state index contributed by atoms with van der Waals surface area (Å²) in [5, 5.41) is 6.89. The SMILES string of the molecule is CCc1ncnc(N2CCOc3ccc(-c4ccc5c(c4)NC(C)N5)cc3C2)c1C. The molecule has 1 unspecified atom stereocenters. The summed E-state index contributed by atoms with van der Waals surface area (Å²) in [7, 11) is 0. The van der Waals surface area contributed by atoms with Gasteiger partial charge in [-0.2, -0.15) is 0 Å². The van der Waals surface area contributed by atoms with Gasteiger partial charge in [0.1, 0.15) is 24.5 Å². The average Bonchev–Trinajstić information content (AvgIpc) is 2.99. The minimum absolute atomic E-state index is 0.258. The molecule has 30 heavy (non-hydrogen) atoms. The summed E-state index contributed by atoms with van der Waals surface area (Å²) >= 11 is 0. The zero-order valence-corrected chi connectivity index (χ0v) is 17.7. The molecule has 0 amide bonds. The van der Waals surface area contributed by atoms with Gasteiger partial charge in [0.15, 0.2) is 0 Å². The van der Waals surface area contributed by atoms with Crippen LogP contribution in [0.5, 0.6) is 5.75 Å². The third kappa shape index (κ3) is 3.32. The zero-order valence-electron chi connectivity index (χ0n) is 17.7. The zero-order chi connectivity index (χ0) is 20.7. The molecule has 0 saturated heterocycles. The summed E-state index contributed by atoms with van der Waals surface area (Å²) in [5.74, 6) is 1.96. The van der Waals surface area contributed by atoms with Crippen LogP contribution in [-0.2, 0) is 13.0 Å². The Morgan fingerprint density at radius 3 is 2.73 bits per heavy atom. The van der Waals surface area contributed by atoms with Crippen LogP contribution in [0, 0.1) is 6.92 Å². The van der Waals surface area contributed by atoms with E-state index < -0.39 is 0 Å². The predicted molar refractivity (Wildman–Crippen MR) is 121 cm³/mol. The van der Waals surface area contributed by atoms with Crippen LogP contribution in [0.25, 0.3) is 11.1 Å².